The first-order chi connectivity index (χ1) is 11.8. The summed E-state index contributed by atoms with van der Waals surface area (Å²) in [6.45, 7) is 9.52. The molecule has 0 aliphatic heterocycles. The minimum Gasteiger partial charge on any atom is -0.464 e. The third-order valence-electron chi connectivity index (χ3n) is 6.82. The Labute approximate surface area is 160 Å². The monoisotopic (exact) mass is 406 g/mol. The van der Waals surface area contributed by atoms with Gasteiger partial charge in [-0.15, -0.1) is 0 Å². The molecule has 2 aliphatic rings. The van der Waals surface area contributed by atoms with E-state index in [-0.39, 0.29) is 16.8 Å². The van der Waals surface area contributed by atoms with Gasteiger partial charge in [-0.25, -0.2) is 0 Å². The van der Waals surface area contributed by atoms with E-state index in [0.717, 1.165) is 25.7 Å². The Morgan fingerprint density at radius 1 is 1.32 bits per heavy atom. The Bertz CT molecular complexity index is 653. The van der Waals surface area contributed by atoms with Gasteiger partial charge >= 0.3 is 5.97 Å². The molecule has 25 heavy (non-hydrogen) atoms. The lowest BCUT2D eigenvalue weighted by Crippen LogP contribution is -2.52. The summed E-state index contributed by atoms with van der Waals surface area (Å²) in [4.78, 5) is 12.9. The van der Waals surface area contributed by atoms with Crippen LogP contribution in [0.25, 0.3) is 0 Å². The first-order valence-corrected chi connectivity index (χ1v) is 10.8. The van der Waals surface area contributed by atoms with Crippen LogP contribution in [0.3, 0.4) is 0 Å². The maximum atomic E-state index is 12.9. The minimum absolute atomic E-state index is 0.00475. The van der Waals surface area contributed by atoms with Gasteiger partial charge in [-0.1, -0.05) is 61.3 Å². The summed E-state index contributed by atoms with van der Waals surface area (Å²) < 4.78 is 5.58. The fourth-order valence-corrected chi connectivity index (χ4v) is 5.57. The predicted molar refractivity (Wildman–Crippen MR) is 106 cm³/mol. The molecule has 138 valence electrons. The van der Waals surface area contributed by atoms with E-state index < -0.39 is 0 Å². The lowest BCUT2D eigenvalue weighted by molar-refractivity contribution is -0.163. The summed E-state index contributed by atoms with van der Waals surface area (Å²) >= 11 is 3.36. The van der Waals surface area contributed by atoms with Crippen LogP contribution in [0.1, 0.15) is 76.0 Å². The van der Waals surface area contributed by atoms with E-state index in [0.29, 0.717) is 23.8 Å². The quantitative estimate of drug-likeness (QED) is 0.469. The van der Waals surface area contributed by atoms with Crippen LogP contribution in [0.4, 0.5) is 0 Å². The number of hydrogen-bond acceptors (Lipinski definition) is 2. The van der Waals surface area contributed by atoms with E-state index in [9.17, 15) is 4.79 Å². The molecule has 0 radical (unpaired) electrons. The van der Waals surface area contributed by atoms with Crippen LogP contribution in [0, 0.1) is 11.3 Å². The number of fused-ring (bicyclic) bond motifs is 3. The van der Waals surface area contributed by atoms with Crippen molar-refractivity contribution in [3.05, 3.63) is 34.9 Å². The van der Waals surface area contributed by atoms with Crippen LogP contribution in [-0.2, 0) is 21.4 Å². The maximum absolute atomic E-state index is 12.9. The molecule has 1 aromatic carbocycles. The molecule has 3 heteroatoms. The fourth-order valence-electron chi connectivity index (χ4n) is 5.41. The zero-order chi connectivity index (χ0) is 18.2. The molecule has 0 heterocycles. The van der Waals surface area contributed by atoms with Crippen molar-refractivity contribution in [3.8, 4) is 0 Å². The molecule has 0 saturated heterocycles. The molecule has 2 nitrogen and oxygen atoms in total. The minimum atomic E-state index is -0.358. The van der Waals surface area contributed by atoms with Crippen LogP contribution in [0.5, 0.6) is 0 Å². The Hall–Kier alpha value is -0.830. The van der Waals surface area contributed by atoms with Crippen LogP contribution >= 0.6 is 15.9 Å². The van der Waals surface area contributed by atoms with E-state index >= 15 is 0 Å². The van der Waals surface area contributed by atoms with Crippen molar-refractivity contribution < 1.29 is 9.53 Å². The number of alkyl halides is 1. The van der Waals surface area contributed by atoms with Gasteiger partial charge in [0.25, 0.3) is 0 Å². The molecule has 3 rings (SSSR count). The molecule has 1 fully saturated rings. The first kappa shape index (κ1) is 18.9. The number of hydrogen-bond donors (Lipinski definition) is 0. The second kappa shape index (κ2) is 7.06. The average molecular weight is 407 g/mol. The van der Waals surface area contributed by atoms with Crippen LogP contribution in [-0.4, -0.2) is 17.9 Å². The highest BCUT2D eigenvalue weighted by molar-refractivity contribution is 9.09. The van der Waals surface area contributed by atoms with Gasteiger partial charge in [-0.3, -0.25) is 4.79 Å². The van der Waals surface area contributed by atoms with Gasteiger partial charge < -0.3 is 4.74 Å². The SMILES string of the molecule is CC(C)c1ccc2c(c1)CC[C@H]1[C@](C)(C(=O)OCCBr)CCC[C@]21C. The third kappa shape index (κ3) is 3.18. The summed E-state index contributed by atoms with van der Waals surface area (Å²) in [5.74, 6) is 0.936. The van der Waals surface area contributed by atoms with Crippen molar-refractivity contribution in [1.82, 2.24) is 0 Å². The van der Waals surface area contributed by atoms with E-state index in [1.807, 2.05) is 0 Å². The van der Waals surface area contributed by atoms with Crippen molar-refractivity contribution in [2.45, 2.75) is 71.1 Å². The molecule has 0 amide bonds. The maximum Gasteiger partial charge on any atom is 0.312 e. The van der Waals surface area contributed by atoms with Crippen molar-refractivity contribution in [1.29, 1.82) is 0 Å². The van der Waals surface area contributed by atoms with E-state index in [2.05, 4.69) is 61.8 Å². The molecule has 0 N–H and O–H groups in total. The van der Waals surface area contributed by atoms with Crippen molar-refractivity contribution >= 4 is 21.9 Å². The Kier molecular flexibility index (Phi) is 5.35. The Morgan fingerprint density at radius 3 is 2.76 bits per heavy atom. The molecule has 0 spiro atoms. The highest BCUT2D eigenvalue weighted by atomic mass is 79.9. The standard InChI is InChI=1S/C22H31BrO2/c1-15(2)16-6-8-18-17(14-16)7-9-19-21(18,3)10-5-11-22(19,4)20(24)25-13-12-23/h6,8,14-15,19H,5,7,9-13H2,1-4H3/t19-,21-,22-/m1/s1. The zero-order valence-corrected chi connectivity index (χ0v) is 17.6. The van der Waals surface area contributed by atoms with Gasteiger partial charge in [-0.2, -0.15) is 0 Å². The first-order valence-electron chi connectivity index (χ1n) is 9.69. The van der Waals surface area contributed by atoms with Crippen LogP contribution < -0.4 is 0 Å². The molecule has 1 saturated carbocycles. The number of carbonyl (C=O) groups excluding carboxylic acids is 1. The van der Waals surface area contributed by atoms with E-state index in [4.69, 9.17) is 4.74 Å². The molecule has 3 atom stereocenters. The average Bonchev–Trinajstić information content (AvgIpc) is 2.58. The highest BCUT2D eigenvalue weighted by Gasteiger charge is 2.55. The number of aryl methyl sites for hydroxylation is 1. The van der Waals surface area contributed by atoms with Crippen molar-refractivity contribution in [3.63, 3.8) is 0 Å². The molecule has 2 aliphatic carbocycles. The summed E-state index contributed by atoms with van der Waals surface area (Å²) in [5.41, 5.74) is 4.14. The summed E-state index contributed by atoms with van der Waals surface area (Å²) in [7, 11) is 0. The number of benzene rings is 1. The zero-order valence-electron chi connectivity index (χ0n) is 16.0. The molecule has 1 aromatic rings. The number of ether oxygens (including phenoxy) is 1. The van der Waals surface area contributed by atoms with Crippen LogP contribution in [0.2, 0.25) is 0 Å². The van der Waals surface area contributed by atoms with Crippen molar-refractivity contribution in [2.75, 3.05) is 11.9 Å². The molecule has 0 aromatic heterocycles. The van der Waals surface area contributed by atoms with Gasteiger partial charge in [0.2, 0.25) is 0 Å². The number of carbonyl (C=O) groups is 1. The topological polar surface area (TPSA) is 26.3 Å². The highest BCUT2D eigenvalue weighted by Crippen LogP contribution is 2.57. The number of esters is 1. The van der Waals surface area contributed by atoms with E-state index in [1.165, 1.54) is 23.1 Å². The third-order valence-corrected chi connectivity index (χ3v) is 7.14. The van der Waals surface area contributed by atoms with E-state index in [1.54, 1.807) is 0 Å². The normalized spacial score (nSPS) is 31.4. The summed E-state index contributed by atoms with van der Waals surface area (Å²) in [6, 6.07) is 7.06. The molecule has 0 unspecified atom stereocenters. The fraction of sp³-hybridized carbons (Fsp3) is 0.682. The second-order valence-electron chi connectivity index (χ2n) is 8.68. The Morgan fingerprint density at radius 2 is 2.08 bits per heavy atom. The second-order valence-corrected chi connectivity index (χ2v) is 9.47. The largest absolute Gasteiger partial charge is 0.464 e. The molecule has 0 bridgehead atoms. The Balaban J connectivity index is 1.97. The lowest BCUT2D eigenvalue weighted by atomic mass is 9.49. The lowest BCUT2D eigenvalue weighted by Gasteiger charge is -2.54. The van der Waals surface area contributed by atoms with Gasteiger partial charge in [0.1, 0.15) is 6.61 Å². The van der Waals surface area contributed by atoms with Gasteiger partial charge in [0.15, 0.2) is 0 Å². The summed E-state index contributed by atoms with van der Waals surface area (Å²) in [5, 5.41) is 0.706. The number of halogens is 1. The van der Waals surface area contributed by atoms with Gasteiger partial charge in [0.05, 0.1) is 5.41 Å². The van der Waals surface area contributed by atoms with Gasteiger partial charge in [0, 0.05) is 5.33 Å². The van der Waals surface area contributed by atoms with Gasteiger partial charge in [-0.05, 0) is 66.5 Å². The molecular weight excluding hydrogens is 376 g/mol. The molecular formula is C22H31BrO2. The number of rotatable bonds is 4. The predicted octanol–water partition coefficient (Wildman–Crippen LogP) is 5.76. The smallest absolute Gasteiger partial charge is 0.312 e. The summed E-state index contributed by atoms with van der Waals surface area (Å²) in [6.07, 6.45) is 5.39. The van der Waals surface area contributed by atoms with Crippen molar-refractivity contribution in [2.24, 2.45) is 11.3 Å². The van der Waals surface area contributed by atoms with Crippen LogP contribution in [0.15, 0.2) is 18.2 Å².